The molecule has 25 heavy (non-hydrogen) atoms. The van der Waals surface area contributed by atoms with Crippen LogP contribution in [-0.2, 0) is 4.79 Å². The van der Waals surface area contributed by atoms with Crippen molar-refractivity contribution in [1.82, 2.24) is 25.2 Å². The molecule has 7 nitrogen and oxygen atoms in total. The molecule has 2 amide bonds. The number of H-pyrrole nitrogens is 1. The zero-order valence-corrected chi connectivity index (χ0v) is 13.4. The Bertz CT molecular complexity index is 846. The summed E-state index contributed by atoms with van der Waals surface area (Å²) in [6.45, 7) is -0.909. The Hall–Kier alpha value is -2.58. The molecule has 132 valence electrons. The first kappa shape index (κ1) is 15.9. The molecule has 3 heterocycles. The fourth-order valence-corrected chi connectivity index (χ4v) is 2.97. The number of aromatic nitrogens is 3. The van der Waals surface area contributed by atoms with Gasteiger partial charge in [-0.25, -0.2) is 18.7 Å². The lowest BCUT2D eigenvalue weighted by Gasteiger charge is -2.16. The van der Waals surface area contributed by atoms with E-state index in [9.17, 15) is 18.4 Å². The van der Waals surface area contributed by atoms with Crippen LogP contribution in [0.3, 0.4) is 0 Å². The number of hydrogen-bond acceptors (Lipinski definition) is 4. The number of rotatable bonds is 4. The topological polar surface area (TPSA) is 91.0 Å². The lowest BCUT2D eigenvalue weighted by atomic mass is 10.2. The summed E-state index contributed by atoms with van der Waals surface area (Å²) >= 11 is 0. The van der Waals surface area contributed by atoms with Crippen molar-refractivity contribution >= 4 is 23.0 Å². The minimum Gasteiger partial charge on any atom is -0.344 e. The fraction of sp³-hybridized carbons (Fsp3) is 0.500. The molecule has 0 spiro atoms. The predicted molar refractivity (Wildman–Crippen MR) is 84.3 cm³/mol. The van der Waals surface area contributed by atoms with Gasteiger partial charge in [0.1, 0.15) is 5.52 Å². The highest BCUT2D eigenvalue weighted by Gasteiger charge is 2.40. The van der Waals surface area contributed by atoms with E-state index in [4.69, 9.17) is 0 Å². The molecule has 4 rings (SSSR count). The maximum absolute atomic E-state index is 13.2. The van der Waals surface area contributed by atoms with Crippen molar-refractivity contribution in [2.45, 2.75) is 31.1 Å². The Kier molecular flexibility index (Phi) is 3.66. The highest BCUT2D eigenvalue weighted by molar-refractivity contribution is 6.05. The van der Waals surface area contributed by atoms with Crippen LogP contribution in [0.1, 0.15) is 41.2 Å². The number of fused-ring (bicyclic) bond motifs is 1. The Labute approximate surface area is 141 Å². The number of likely N-dealkylation sites (tertiary alicyclic amines) is 1. The molecule has 2 fully saturated rings. The normalized spacial score (nSPS) is 19.4. The smallest absolute Gasteiger partial charge is 0.267 e. The van der Waals surface area contributed by atoms with Gasteiger partial charge in [-0.3, -0.25) is 9.59 Å². The third kappa shape index (κ3) is 3.18. The zero-order valence-electron chi connectivity index (χ0n) is 13.4. The van der Waals surface area contributed by atoms with Crippen molar-refractivity contribution in [1.29, 1.82) is 0 Å². The molecule has 1 aliphatic carbocycles. The number of alkyl halides is 2. The average molecular weight is 349 g/mol. The maximum atomic E-state index is 13.2. The molecule has 0 radical (unpaired) electrons. The van der Waals surface area contributed by atoms with Crippen molar-refractivity contribution < 1.29 is 18.4 Å². The molecule has 9 heteroatoms. The van der Waals surface area contributed by atoms with Crippen LogP contribution in [0.2, 0.25) is 0 Å². The minimum absolute atomic E-state index is 0.00497. The number of nitrogens with one attached hydrogen (secondary N) is 2. The maximum Gasteiger partial charge on any atom is 0.267 e. The Balaban J connectivity index is 1.43. The summed E-state index contributed by atoms with van der Waals surface area (Å²) in [5, 5.41) is 2.48. The second-order valence-corrected chi connectivity index (χ2v) is 6.57. The largest absolute Gasteiger partial charge is 0.344 e. The van der Waals surface area contributed by atoms with Gasteiger partial charge in [-0.15, -0.1) is 0 Å². The molecule has 0 atom stereocenters. The summed E-state index contributed by atoms with van der Waals surface area (Å²) in [6, 6.07) is 0. The van der Waals surface area contributed by atoms with E-state index in [1.165, 1.54) is 6.20 Å². The van der Waals surface area contributed by atoms with Crippen LogP contribution >= 0.6 is 0 Å². The van der Waals surface area contributed by atoms with Gasteiger partial charge < -0.3 is 15.2 Å². The molecule has 1 saturated carbocycles. The van der Waals surface area contributed by atoms with E-state index in [1.807, 2.05) is 0 Å². The number of nitrogens with zero attached hydrogens (tertiary/aromatic N) is 3. The molecule has 0 unspecified atom stereocenters. The number of carbonyl (C=O) groups is 2. The number of carbonyl (C=O) groups excluding carboxylic acids is 2. The Morgan fingerprint density at radius 1 is 1.40 bits per heavy atom. The van der Waals surface area contributed by atoms with Crippen molar-refractivity contribution in [2.24, 2.45) is 0 Å². The van der Waals surface area contributed by atoms with Crippen LogP contribution in [0.25, 0.3) is 11.2 Å². The molecule has 0 aromatic carbocycles. The Morgan fingerprint density at radius 3 is 2.88 bits per heavy atom. The van der Waals surface area contributed by atoms with E-state index in [1.54, 1.807) is 6.20 Å². The van der Waals surface area contributed by atoms with E-state index in [-0.39, 0.29) is 19.5 Å². The van der Waals surface area contributed by atoms with Crippen molar-refractivity contribution in [3.05, 3.63) is 23.7 Å². The monoisotopic (exact) mass is 349 g/mol. The predicted octanol–water partition coefficient (Wildman–Crippen LogP) is 1.43. The van der Waals surface area contributed by atoms with Crippen LogP contribution in [0.4, 0.5) is 8.78 Å². The van der Waals surface area contributed by atoms with E-state index >= 15 is 0 Å². The van der Waals surface area contributed by atoms with E-state index in [2.05, 4.69) is 20.3 Å². The van der Waals surface area contributed by atoms with Crippen LogP contribution in [-0.4, -0.2) is 57.2 Å². The van der Waals surface area contributed by atoms with Crippen molar-refractivity contribution in [3.8, 4) is 0 Å². The molecular formula is C16H17F2N5O2. The van der Waals surface area contributed by atoms with Gasteiger partial charge in [0.25, 0.3) is 11.8 Å². The quantitative estimate of drug-likeness (QED) is 0.874. The van der Waals surface area contributed by atoms with Crippen molar-refractivity contribution in [2.75, 3.05) is 19.6 Å². The van der Waals surface area contributed by atoms with E-state index < -0.39 is 24.3 Å². The Morgan fingerprint density at radius 2 is 2.20 bits per heavy atom. The van der Waals surface area contributed by atoms with Crippen LogP contribution in [0.15, 0.2) is 12.4 Å². The number of aromatic amines is 1. The molecule has 1 aliphatic heterocycles. The van der Waals surface area contributed by atoms with Gasteiger partial charge in [0.15, 0.2) is 5.65 Å². The number of halogens is 2. The van der Waals surface area contributed by atoms with Gasteiger partial charge in [0.2, 0.25) is 5.91 Å². The fourth-order valence-electron chi connectivity index (χ4n) is 2.97. The highest BCUT2D eigenvalue weighted by Crippen LogP contribution is 2.39. The van der Waals surface area contributed by atoms with E-state index in [0.717, 1.165) is 23.4 Å². The van der Waals surface area contributed by atoms with E-state index in [0.29, 0.717) is 22.6 Å². The minimum atomic E-state index is -2.84. The number of amides is 2. The SMILES string of the molecule is O=C(NCC(=O)N1CCC(F)(F)C1)c1c[nH]c2ncc(C3CC3)nc12. The first-order valence-corrected chi connectivity index (χ1v) is 8.21. The first-order valence-electron chi connectivity index (χ1n) is 8.21. The summed E-state index contributed by atoms with van der Waals surface area (Å²) in [7, 11) is 0. The van der Waals surface area contributed by atoms with Gasteiger partial charge in [0, 0.05) is 25.1 Å². The summed E-state index contributed by atoms with van der Waals surface area (Å²) in [4.78, 5) is 37.0. The van der Waals surface area contributed by atoms with Gasteiger partial charge >= 0.3 is 0 Å². The summed E-state index contributed by atoms with van der Waals surface area (Å²) in [5.41, 5.74) is 2.11. The lowest BCUT2D eigenvalue weighted by Crippen LogP contribution is -2.40. The second-order valence-electron chi connectivity index (χ2n) is 6.57. The van der Waals surface area contributed by atoms with Gasteiger partial charge in [-0.1, -0.05) is 0 Å². The summed E-state index contributed by atoms with van der Waals surface area (Å²) in [6.07, 6.45) is 5.00. The first-order chi connectivity index (χ1) is 11.9. The lowest BCUT2D eigenvalue weighted by molar-refractivity contribution is -0.130. The van der Waals surface area contributed by atoms with Gasteiger partial charge in [0.05, 0.1) is 30.5 Å². The highest BCUT2D eigenvalue weighted by atomic mass is 19.3. The van der Waals surface area contributed by atoms with Crippen LogP contribution in [0.5, 0.6) is 0 Å². The van der Waals surface area contributed by atoms with Crippen molar-refractivity contribution in [3.63, 3.8) is 0 Å². The van der Waals surface area contributed by atoms with Crippen LogP contribution < -0.4 is 5.32 Å². The van der Waals surface area contributed by atoms with Gasteiger partial charge in [-0.2, -0.15) is 0 Å². The molecule has 2 aromatic rings. The average Bonchev–Trinajstić information content (AvgIpc) is 3.25. The molecule has 1 saturated heterocycles. The molecule has 2 aliphatic rings. The molecular weight excluding hydrogens is 332 g/mol. The standard InChI is InChI=1S/C16H17F2N5O2/c17-16(18)3-4-23(8-16)12(24)7-21-15(25)10-5-19-14-13(10)22-11(6-20-14)9-1-2-9/h5-6,9H,1-4,7-8H2,(H,19,20)(H,21,25). The third-order valence-electron chi connectivity index (χ3n) is 4.56. The summed E-state index contributed by atoms with van der Waals surface area (Å²) in [5.74, 6) is -3.44. The number of hydrogen-bond donors (Lipinski definition) is 2. The van der Waals surface area contributed by atoms with Gasteiger partial charge in [-0.05, 0) is 12.8 Å². The summed E-state index contributed by atoms with van der Waals surface area (Å²) < 4.78 is 26.3. The zero-order chi connectivity index (χ0) is 17.6. The van der Waals surface area contributed by atoms with Crippen LogP contribution in [0, 0.1) is 0 Å². The molecule has 2 aromatic heterocycles. The molecule has 0 bridgehead atoms. The molecule has 2 N–H and O–H groups in total. The second kappa shape index (κ2) is 5.75. The third-order valence-corrected chi connectivity index (χ3v) is 4.56.